The lowest BCUT2D eigenvalue weighted by Crippen LogP contribution is -2.32. The van der Waals surface area contributed by atoms with Crippen molar-refractivity contribution in [3.05, 3.63) is 59.7 Å². The molecule has 2 rings (SSSR count). The number of benzene rings is 2. The summed E-state index contributed by atoms with van der Waals surface area (Å²) in [6.07, 6.45) is 0.223. The van der Waals surface area contributed by atoms with Gasteiger partial charge in [0.2, 0.25) is 5.91 Å². The Balaban J connectivity index is 1.58. The third-order valence-electron chi connectivity index (χ3n) is 3.75. The van der Waals surface area contributed by atoms with Gasteiger partial charge in [-0.25, -0.2) is 0 Å². The number of hydrogen-bond donors (Lipinski definition) is 2. The highest BCUT2D eigenvalue weighted by Crippen LogP contribution is 2.17. The van der Waals surface area contributed by atoms with Crippen LogP contribution in [0.5, 0.6) is 11.5 Å². The summed E-state index contributed by atoms with van der Waals surface area (Å²) in [5.41, 5.74) is 1.62. The number of nitrogens with one attached hydrogen (secondary N) is 2. The lowest BCUT2D eigenvalue weighted by Gasteiger charge is -2.09. The van der Waals surface area contributed by atoms with E-state index in [1.54, 1.807) is 6.07 Å². The van der Waals surface area contributed by atoms with Crippen LogP contribution >= 0.6 is 0 Å². The first-order valence-corrected chi connectivity index (χ1v) is 9.05. The molecule has 0 heterocycles. The Bertz CT molecular complexity index is 744. The third kappa shape index (κ3) is 7.40. The maximum atomic E-state index is 12.0. The van der Waals surface area contributed by atoms with E-state index in [-0.39, 0.29) is 18.2 Å². The smallest absolute Gasteiger partial charge is 0.251 e. The molecule has 6 nitrogen and oxygen atoms in total. The Morgan fingerprint density at radius 1 is 0.926 bits per heavy atom. The van der Waals surface area contributed by atoms with Crippen LogP contribution in [0.25, 0.3) is 0 Å². The lowest BCUT2D eigenvalue weighted by molar-refractivity contribution is -0.121. The highest BCUT2D eigenvalue weighted by Gasteiger charge is 2.06. The summed E-state index contributed by atoms with van der Waals surface area (Å²) < 4.78 is 10.9. The fourth-order valence-corrected chi connectivity index (χ4v) is 2.42. The van der Waals surface area contributed by atoms with Gasteiger partial charge < -0.3 is 20.1 Å². The predicted molar refractivity (Wildman–Crippen MR) is 104 cm³/mol. The first-order chi connectivity index (χ1) is 13.1. The molecule has 6 heteroatoms. The average molecular weight is 370 g/mol. The van der Waals surface area contributed by atoms with Crippen LogP contribution in [0.1, 0.15) is 29.3 Å². The van der Waals surface area contributed by atoms with Gasteiger partial charge >= 0.3 is 0 Å². The van der Waals surface area contributed by atoms with Crippen molar-refractivity contribution < 1.29 is 19.1 Å². The second-order valence-corrected chi connectivity index (χ2v) is 5.98. The van der Waals surface area contributed by atoms with Gasteiger partial charge in [-0.05, 0) is 50.2 Å². The fourth-order valence-electron chi connectivity index (χ4n) is 2.42. The van der Waals surface area contributed by atoms with Crippen LogP contribution in [0.4, 0.5) is 0 Å². The van der Waals surface area contributed by atoms with Crippen molar-refractivity contribution >= 4 is 11.8 Å². The Labute approximate surface area is 159 Å². The van der Waals surface area contributed by atoms with Crippen molar-refractivity contribution in [2.45, 2.75) is 20.3 Å². The van der Waals surface area contributed by atoms with Crippen LogP contribution in [0, 0.1) is 6.92 Å². The van der Waals surface area contributed by atoms with Gasteiger partial charge in [0.25, 0.3) is 5.91 Å². The van der Waals surface area contributed by atoms with Crippen molar-refractivity contribution in [2.75, 3.05) is 26.3 Å². The van der Waals surface area contributed by atoms with Crippen LogP contribution in [-0.2, 0) is 4.79 Å². The van der Waals surface area contributed by atoms with E-state index in [9.17, 15) is 9.59 Å². The van der Waals surface area contributed by atoms with Crippen LogP contribution in [0.15, 0.2) is 48.5 Å². The van der Waals surface area contributed by atoms with E-state index in [4.69, 9.17) is 9.47 Å². The molecule has 0 atom stereocenters. The molecule has 0 saturated carbocycles. The van der Waals surface area contributed by atoms with Gasteiger partial charge in [0.1, 0.15) is 18.1 Å². The van der Waals surface area contributed by atoms with Crippen LogP contribution in [-0.4, -0.2) is 38.1 Å². The Hall–Kier alpha value is -3.02. The number of amides is 2. The molecule has 2 aromatic rings. The molecule has 0 aliphatic heterocycles. The van der Waals surface area contributed by atoms with Crippen LogP contribution in [0.3, 0.4) is 0 Å². The molecule has 0 aliphatic rings. The molecular formula is C21H26N2O4. The van der Waals surface area contributed by atoms with Gasteiger partial charge in [0.05, 0.1) is 13.2 Å². The normalized spacial score (nSPS) is 10.1. The molecular weight excluding hydrogens is 344 g/mol. The highest BCUT2D eigenvalue weighted by atomic mass is 16.5. The predicted octanol–water partition coefficient (Wildman–Crippen LogP) is 2.71. The summed E-state index contributed by atoms with van der Waals surface area (Å²) in [4.78, 5) is 23.8. The topological polar surface area (TPSA) is 76.7 Å². The Morgan fingerprint density at radius 2 is 1.63 bits per heavy atom. The highest BCUT2D eigenvalue weighted by molar-refractivity contribution is 5.94. The van der Waals surface area contributed by atoms with Gasteiger partial charge in [0.15, 0.2) is 0 Å². The molecule has 0 aliphatic carbocycles. The van der Waals surface area contributed by atoms with Gasteiger partial charge in [-0.15, -0.1) is 0 Å². The zero-order valence-electron chi connectivity index (χ0n) is 15.8. The molecule has 27 heavy (non-hydrogen) atoms. The maximum Gasteiger partial charge on any atom is 0.251 e. The summed E-state index contributed by atoms with van der Waals surface area (Å²) in [5.74, 6) is 1.21. The molecule has 144 valence electrons. The van der Waals surface area contributed by atoms with Crippen LogP contribution < -0.4 is 20.1 Å². The fraction of sp³-hybridized carbons (Fsp3) is 0.333. The molecule has 0 saturated heterocycles. The van der Waals surface area contributed by atoms with E-state index < -0.39 is 0 Å². The van der Waals surface area contributed by atoms with Crippen LogP contribution in [0.2, 0.25) is 0 Å². The van der Waals surface area contributed by atoms with Gasteiger partial charge in [-0.1, -0.05) is 17.7 Å². The monoisotopic (exact) mass is 370 g/mol. The largest absolute Gasteiger partial charge is 0.494 e. The number of aryl methyl sites for hydroxylation is 1. The minimum Gasteiger partial charge on any atom is -0.494 e. The number of rotatable bonds is 10. The van der Waals surface area contributed by atoms with Crippen molar-refractivity contribution in [3.8, 4) is 11.5 Å². The molecule has 0 spiro atoms. The zero-order chi connectivity index (χ0) is 19.5. The molecule has 0 fully saturated rings. The van der Waals surface area contributed by atoms with Crippen molar-refractivity contribution in [1.29, 1.82) is 0 Å². The number of carbonyl (C=O) groups is 2. The number of ether oxygens (including phenoxy) is 2. The third-order valence-corrected chi connectivity index (χ3v) is 3.75. The molecule has 2 N–H and O–H groups in total. The summed E-state index contributed by atoms with van der Waals surface area (Å²) in [6.45, 7) is 5.55. The minimum atomic E-state index is -0.176. The standard InChI is InChI=1S/C21H26N2O4/c1-3-26-18-7-9-19(10-8-18)27-14-13-22-20(24)11-12-23-21(25)17-6-4-5-16(2)15-17/h4-10,15H,3,11-14H2,1-2H3,(H,22,24)(H,23,25). The second kappa shape index (κ2) is 10.9. The van der Waals surface area contributed by atoms with E-state index in [0.717, 1.165) is 17.1 Å². The van der Waals surface area contributed by atoms with Gasteiger partial charge in [-0.3, -0.25) is 9.59 Å². The zero-order valence-corrected chi connectivity index (χ0v) is 15.8. The second-order valence-electron chi connectivity index (χ2n) is 5.98. The molecule has 0 radical (unpaired) electrons. The van der Waals surface area contributed by atoms with Crippen molar-refractivity contribution in [3.63, 3.8) is 0 Å². The maximum absolute atomic E-state index is 12.0. The lowest BCUT2D eigenvalue weighted by atomic mass is 10.1. The average Bonchev–Trinajstić information content (AvgIpc) is 2.66. The minimum absolute atomic E-state index is 0.130. The quantitative estimate of drug-likeness (QED) is 0.631. The first-order valence-electron chi connectivity index (χ1n) is 9.05. The summed E-state index contributed by atoms with van der Waals surface area (Å²) in [6, 6.07) is 14.7. The first kappa shape index (κ1) is 20.3. The molecule has 0 bridgehead atoms. The molecule has 2 aromatic carbocycles. The molecule has 0 unspecified atom stereocenters. The number of hydrogen-bond acceptors (Lipinski definition) is 4. The summed E-state index contributed by atoms with van der Waals surface area (Å²) in [7, 11) is 0. The summed E-state index contributed by atoms with van der Waals surface area (Å²) in [5, 5.41) is 5.51. The van der Waals surface area contributed by atoms with Crippen molar-refractivity contribution in [2.24, 2.45) is 0 Å². The Morgan fingerprint density at radius 3 is 2.30 bits per heavy atom. The van der Waals surface area contributed by atoms with Gasteiger partial charge in [-0.2, -0.15) is 0 Å². The van der Waals surface area contributed by atoms with Gasteiger partial charge in [0, 0.05) is 18.5 Å². The Kier molecular flexibility index (Phi) is 8.16. The van der Waals surface area contributed by atoms with E-state index >= 15 is 0 Å². The molecule has 0 aromatic heterocycles. The van der Waals surface area contributed by atoms with E-state index in [2.05, 4.69) is 10.6 Å². The van der Waals surface area contributed by atoms with E-state index in [1.165, 1.54) is 0 Å². The summed E-state index contributed by atoms with van der Waals surface area (Å²) >= 11 is 0. The SMILES string of the molecule is CCOc1ccc(OCCNC(=O)CCNC(=O)c2cccc(C)c2)cc1. The van der Waals surface area contributed by atoms with E-state index in [0.29, 0.717) is 31.9 Å². The van der Waals surface area contributed by atoms with Crippen molar-refractivity contribution in [1.82, 2.24) is 10.6 Å². The molecule has 2 amide bonds. The van der Waals surface area contributed by atoms with E-state index in [1.807, 2.05) is 56.3 Å². The number of carbonyl (C=O) groups excluding carboxylic acids is 2.